The molecule has 0 spiro atoms. The van der Waals surface area contributed by atoms with Crippen molar-refractivity contribution in [1.82, 2.24) is 19.7 Å². The molecule has 6 nitrogen and oxygen atoms in total. The predicted molar refractivity (Wildman–Crippen MR) is 67.5 cm³/mol. The zero-order chi connectivity index (χ0) is 13.0. The lowest BCUT2D eigenvalue weighted by Gasteiger charge is -2.07. The maximum Gasteiger partial charge on any atom is 0.226 e. The summed E-state index contributed by atoms with van der Waals surface area (Å²) in [5.74, 6) is -0.232. The van der Waals surface area contributed by atoms with Crippen molar-refractivity contribution in [1.29, 1.82) is 0 Å². The average Bonchev–Trinajstić information content (AvgIpc) is 2.84. The molecule has 0 saturated heterocycles. The summed E-state index contributed by atoms with van der Waals surface area (Å²) < 4.78 is 1.66. The van der Waals surface area contributed by atoms with E-state index in [9.17, 15) is 4.79 Å². The second kappa shape index (κ2) is 5.79. The lowest BCUT2D eigenvalue weighted by Crippen LogP contribution is -2.15. The number of hydrogen-bond acceptors (Lipinski definition) is 4. The summed E-state index contributed by atoms with van der Waals surface area (Å²) in [6.45, 7) is 0.474. The highest BCUT2D eigenvalue weighted by atomic mass is 35.5. The van der Waals surface area contributed by atoms with Gasteiger partial charge in [0, 0.05) is 25.4 Å². The van der Waals surface area contributed by atoms with Gasteiger partial charge in [0.05, 0.1) is 0 Å². The normalized spacial score (nSPS) is 10.3. The van der Waals surface area contributed by atoms with Crippen LogP contribution in [0.4, 0.5) is 5.69 Å². The van der Waals surface area contributed by atoms with Crippen molar-refractivity contribution in [2.45, 2.75) is 13.0 Å². The van der Waals surface area contributed by atoms with E-state index in [1.807, 2.05) is 0 Å². The van der Waals surface area contributed by atoms with Gasteiger partial charge < -0.3 is 5.32 Å². The fourth-order valence-electron chi connectivity index (χ4n) is 1.30. The number of carbonyl (C=O) groups excluding carboxylic acids is 1. The van der Waals surface area contributed by atoms with Crippen LogP contribution in [0.5, 0.6) is 0 Å². The minimum Gasteiger partial charge on any atom is -0.321 e. The summed E-state index contributed by atoms with van der Waals surface area (Å²) in [6.07, 6.45) is 4.91. The highest BCUT2D eigenvalue weighted by Crippen LogP contribution is 2.25. The fourth-order valence-corrected chi connectivity index (χ4v) is 1.71. The van der Waals surface area contributed by atoms with Crippen molar-refractivity contribution in [2.75, 3.05) is 5.32 Å². The third-order valence-electron chi connectivity index (χ3n) is 2.15. The number of rotatable bonds is 4. The van der Waals surface area contributed by atoms with Crippen molar-refractivity contribution < 1.29 is 4.79 Å². The van der Waals surface area contributed by atoms with Gasteiger partial charge in [-0.2, -0.15) is 5.10 Å². The van der Waals surface area contributed by atoms with Gasteiger partial charge in [-0.25, -0.2) is 9.97 Å². The average molecular weight is 286 g/mol. The first-order chi connectivity index (χ1) is 8.66. The first kappa shape index (κ1) is 12.8. The van der Waals surface area contributed by atoms with Crippen molar-refractivity contribution in [2.24, 2.45) is 0 Å². The number of amides is 1. The molecule has 0 aromatic carbocycles. The third kappa shape index (κ3) is 3.18. The van der Waals surface area contributed by atoms with Gasteiger partial charge >= 0.3 is 0 Å². The van der Waals surface area contributed by atoms with Gasteiger partial charge in [-0.05, 0) is 6.07 Å². The summed E-state index contributed by atoms with van der Waals surface area (Å²) in [6, 6.07) is 1.79. The Labute approximate surface area is 113 Å². The molecule has 0 atom stereocenters. The Hall–Kier alpha value is -1.66. The van der Waals surface area contributed by atoms with Crippen LogP contribution in [0, 0.1) is 0 Å². The lowest BCUT2D eigenvalue weighted by molar-refractivity contribution is -0.116. The molecule has 1 N–H and O–H groups in total. The Kier molecular flexibility index (Phi) is 4.11. The van der Waals surface area contributed by atoms with Crippen molar-refractivity contribution >= 4 is 34.8 Å². The van der Waals surface area contributed by atoms with Crippen LogP contribution in [0.15, 0.2) is 24.8 Å². The van der Waals surface area contributed by atoms with Crippen LogP contribution in [0.2, 0.25) is 10.3 Å². The van der Waals surface area contributed by atoms with Gasteiger partial charge in [0.15, 0.2) is 10.3 Å². The molecule has 0 aliphatic heterocycles. The first-order valence-electron chi connectivity index (χ1n) is 5.10. The Bertz CT molecular complexity index is 523. The monoisotopic (exact) mass is 285 g/mol. The van der Waals surface area contributed by atoms with E-state index in [-0.39, 0.29) is 28.3 Å². The van der Waals surface area contributed by atoms with Crippen LogP contribution >= 0.6 is 23.2 Å². The molecule has 0 unspecified atom stereocenters. The van der Waals surface area contributed by atoms with Gasteiger partial charge in [-0.3, -0.25) is 9.48 Å². The standard InChI is InChI=1S/C10H9Cl2N5O/c11-9-8(10(12)14-6-13-9)16-7(18)2-5-17-4-1-3-15-17/h1,3-4,6H,2,5H2,(H,16,18). The second-order valence-corrected chi connectivity index (χ2v) is 4.11. The molecule has 0 radical (unpaired) electrons. The largest absolute Gasteiger partial charge is 0.321 e. The van der Waals surface area contributed by atoms with E-state index < -0.39 is 0 Å². The number of aromatic nitrogens is 4. The first-order valence-corrected chi connectivity index (χ1v) is 5.85. The van der Waals surface area contributed by atoms with E-state index >= 15 is 0 Å². The van der Waals surface area contributed by atoms with Crippen molar-refractivity contribution in [3.8, 4) is 0 Å². The maximum absolute atomic E-state index is 11.7. The smallest absolute Gasteiger partial charge is 0.226 e. The van der Waals surface area contributed by atoms with Crippen LogP contribution in [0.1, 0.15) is 6.42 Å². The number of carbonyl (C=O) groups is 1. The van der Waals surface area contributed by atoms with E-state index in [1.165, 1.54) is 6.33 Å². The fraction of sp³-hybridized carbons (Fsp3) is 0.200. The lowest BCUT2D eigenvalue weighted by atomic mass is 10.4. The molecule has 2 heterocycles. The SMILES string of the molecule is O=C(CCn1cccn1)Nc1c(Cl)ncnc1Cl. The molecule has 2 aromatic heterocycles. The molecule has 18 heavy (non-hydrogen) atoms. The summed E-state index contributed by atoms with van der Waals surface area (Å²) in [5, 5.41) is 6.79. The van der Waals surface area contributed by atoms with Crippen molar-refractivity contribution in [3.05, 3.63) is 35.1 Å². The number of aryl methyl sites for hydroxylation is 1. The van der Waals surface area contributed by atoms with E-state index in [4.69, 9.17) is 23.2 Å². The Morgan fingerprint density at radius 1 is 1.33 bits per heavy atom. The predicted octanol–water partition coefficient (Wildman–Crippen LogP) is 2.01. The summed E-state index contributed by atoms with van der Waals surface area (Å²) in [5.41, 5.74) is 0.228. The number of nitrogens with zero attached hydrogens (tertiary/aromatic N) is 4. The number of nitrogens with one attached hydrogen (secondary N) is 1. The van der Waals surface area contributed by atoms with E-state index in [0.717, 1.165) is 0 Å². The number of halogens is 2. The molecule has 0 bridgehead atoms. The van der Waals surface area contributed by atoms with Gasteiger partial charge in [0.1, 0.15) is 12.0 Å². The molecule has 0 aliphatic carbocycles. The summed E-state index contributed by atoms with van der Waals surface area (Å²) in [7, 11) is 0. The Morgan fingerprint density at radius 3 is 2.67 bits per heavy atom. The van der Waals surface area contributed by atoms with Gasteiger partial charge in [0.2, 0.25) is 5.91 Å². The summed E-state index contributed by atoms with van der Waals surface area (Å²) in [4.78, 5) is 19.2. The van der Waals surface area contributed by atoms with E-state index in [0.29, 0.717) is 6.54 Å². The second-order valence-electron chi connectivity index (χ2n) is 3.40. The van der Waals surface area contributed by atoms with E-state index in [2.05, 4.69) is 20.4 Å². The molecular formula is C10H9Cl2N5O. The number of anilines is 1. The topological polar surface area (TPSA) is 72.7 Å². The molecule has 2 rings (SSSR count). The highest BCUT2D eigenvalue weighted by molar-refractivity contribution is 6.38. The van der Waals surface area contributed by atoms with Crippen LogP contribution in [-0.2, 0) is 11.3 Å². The highest BCUT2D eigenvalue weighted by Gasteiger charge is 2.11. The molecule has 1 amide bonds. The summed E-state index contributed by atoms with van der Waals surface area (Å²) >= 11 is 11.6. The minimum absolute atomic E-state index is 0.113. The van der Waals surface area contributed by atoms with Crippen LogP contribution in [0.25, 0.3) is 0 Å². The van der Waals surface area contributed by atoms with Gasteiger partial charge in [-0.1, -0.05) is 23.2 Å². The molecule has 0 saturated carbocycles. The third-order valence-corrected chi connectivity index (χ3v) is 2.72. The zero-order valence-corrected chi connectivity index (χ0v) is 10.7. The molecular weight excluding hydrogens is 277 g/mol. The van der Waals surface area contributed by atoms with Gasteiger partial charge in [-0.15, -0.1) is 0 Å². The van der Waals surface area contributed by atoms with Crippen molar-refractivity contribution in [3.63, 3.8) is 0 Å². The van der Waals surface area contributed by atoms with E-state index in [1.54, 1.807) is 23.1 Å². The minimum atomic E-state index is -0.232. The molecule has 8 heteroatoms. The maximum atomic E-state index is 11.7. The molecule has 2 aromatic rings. The Balaban J connectivity index is 1.95. The van der Waals surface area contributed by atoms with Crippen LogP contribution in [0.3, 0.4) is 0 Å². The van der Waals surface area contributed by atoms with Crippen LogP contribution in [-0.4, -0.2) is 25.7 Å². The van der Waals surface area contributed by atoms with Crippen LogP contribution < -0.4 is 5.32 Å². The quantitative estimate of drug-likeness (QED) is 0.872. The molecule has 0 fully saturated rings. The number of hydrogen-bond donors (Lipinski definition) is 1. The zero-order valence-electron chi connectivity index (χ0n) is 9.18. The Morgan fingerprint density at radius 2 is 2.06 bits per heavy atom. The molecule has 94 valence electrons. The molecule has 0 aliphatic rings. The van der Waals surface area contributed by atoms with Gasteiger partial charge in [0.25, 0.3) is 0 Å².